The molecule has 1 heterocycles. The second-order valence-electron chi connectivity index (χ2n) is 7.22. The first kappa shape index (κ1) is 23.8. The fourth-order valence-corrected chi connectivity index (χ4v) is 4.33. The molecule has 160 valence electrons. The average molecular weight is 448 g/mol. The van der Waals surface area contributed by atoms with E-state index in [0.29, 0.717) is 23.8 Å². The lowest BCUT2D eigenvalue weighted by Gasteiger charge is -2.22. The number of thiazole rings is 1. The van der Waals surface area contributed by atoms with Crippen LogP contribution in [0.15, 0.2) is 36.4 Å². The molecule has 0 aliphatic heterocycles. The first-order chi connectivity index (χ1) is 13.8. The normalized spacial score (nSPS) is 10.7. The second-order valence-corrected chi connectivity index (χ2v) is 8.23. The van der Waals surface area contributed by atoms with Crippen LogP contribution in [0, 0.1) is 13.8 Å². The van der Waals surface area contributed by atoms with Gasteiger partial charge in [0.2, 0.25) is 0 Å². The molecule has 0 saturated carbocycles. The van der Waals surface area contributed by atoms with E-state index in [1.807, 2.05) is 32.8 Å². The summed E-state index contributed by atoms with van der Waals surface area (Å²) in [6.45, 7) is 5.20. The molecule has 0 unspecified atom stereocenters. The third kappa shape index (κ3) is 4.98. The summed E-state index contributed by atoms with van der Waals surface area (Å²) in [5.41, 5.74) is 3.71. The van der Waals surface area contributed by atoms with E-state index in [9.17, 15) is 9.59 Å². The van der Waals surface area contributed by atoms with E-state index in [1.165, 1.54) is 18.4 Å². The Morgan fingerprint density at radius 3 is 2.37 bits per heavy atom. The number of aromatic nitrogens is 1. The molecule has 0 aliphatic rings. The number of aryl methyl sites for hydroxylation is 2. The molecule has 1 aromatic heterocycles. The number of carbonyl (C=O) groups excluding carboxylic acids is 2. The van der Waals surface area contributed by atoms with E-state index in [1.54, 1.807) is 29.2 Å². The monoisotopic (exact) mass is 447 g/mol. The fraction of sp³-hybridized carbons (Fsp3) is 0.318. The van der Waals surface area contributed by atoms with Crippen LogP contribution in [0.5, 0.6) is 0 Å². The number of rotatable bonds is 6. The fourth-order valence-electron chi connectivity index (χ4n) is 3.16. The molecular formula is C22H26ClN3O3S. The van der Waals surface area contributed by atoms with Crippen molar-refractivity contribution in [3.8, 4) is 0 Å². The minimum absolute atomic E-state index is 0. The van der Waals surface area contributed by atoms with Gasteiger partial charge < -0.3 is 9.64 Å². The Kier molecular flexibility index (Phi) is 7.95. The largest absolute Gasteiger partial charge is 0.465 e. The standard InChI is InChI=1S/C22H25N3O3S.ClH/c1-14-12-15(2)19-18(13-14)29-22(23-19)25(11-10-24(3)4)20(26)16-8-6-7-9-17(16)21(27)28-5;/h6-9,12-13H,10-11H2,1-5H3;1H. The number of ether oxygens (including phenoxy) is 1. The first-order valence-corrected chi connectivity index (χ1v) is 10.1. The van der Waals surface area contributed by atoms with Crippen LogP contribution >= 0.6 is 23.7 Å². The molecule has 0 radical (unpaired) electrons. The number of methoxy groups -OCH3 is 1. The Hall–Kier alpha value is -2.48. The molecule has 0 aliphatic carbocycles. The third-order valence-corrected chi connectivity index (χ3v) is 5.65. The van der Waals surface area contributed by atoms with Crippen molar-refractivity contribution in [2.45, 2.75) is 13.8 Å². The maximum Gasteiger partial charge on any atom is 0.338 e. The van der Waals surface area contributed by atoms with E-state index in [2.05, 4.69) is 12.1 Å². The topological polar surface area (TPSA) is 62.7 Å². The van der Waals surface area contributed by atoms with Crippen LogP contribution in [0.25, 0.3) is 10.2 Å². The molecule has 0 fully saturated rings. The number of halogens is 1. The molecule has 0 bridgehead atoms. The average Bonchev–Trinajstić information content (AvgIpc) is 3.11. The maximum atomic E-state index is 13.5. The van der Waals surface area contributed by atoms with Crippen LogP contribution in [-0.4, -0.2) is 56.1 Å². The Morgan fingerprint density at radius 1 is 1.07 bits per heavy atom. The third-order valence-electron chi connectivity index (χ3n) is 4.63. The Labute approximate surface area is 186 Å². The van der Waals surface area contributed by atoms with Gasteiger partial charge in [-0.1, -0.05) is 29.5 Å². The van der Waals surface area contributed by atoms with Gasteiger partial charge in [-0.3, -0.25) is 9.69 Å². The molecule has 30 heavy (non-hydrogen) atoms. The highest BCUT2D eigenvalue weighted by atomic mass is 35.5. The van der Waals surface area contributed by atoms with Crippen molar-refractivity contribution in [2.75, 3.05) is 39.2 Å². The Balaban J connectivity index is 0.00000320. The summed E-state index contributed by atoms with van der Waals surface area (Å²) < 4.78 is 5.90. The molecule has 3 aromatic rings. The van der Waals surface area contributed by atoms with Crippen molar-refractivity contribution in [2.24, 2.45) is 0 Å². The molecular weight excluding hydrogens is 422 g/mol. The summed E-state index contributed by atoms with van der Waals surface area (Å²) >= 11 is 1.49. The number of carbonyl (C=O) groups is 2. The van der Waals surface area contributed by atoms with Crippen LogP contribution in [0.2, 0.25) is 0 Å². The molecule has 1 amide bonds. The Bertz CT molecular complexity index is 1060. The van der Waals surface area contributed by atoms with Crippen molar-refractivity contribution >= 4 is 51.0 Å². The maximum absolute atomic E-state index is 13.5. The van der Waals surface area contributed by atoms with Crippen molar-refractivity contribution in [1.82, 2.24) is 9.88 Å². The number of anilines is 1. The lowest BCUT2D eigenvalue weighted by molar-refractivity contribution is 0.0597. The van der Waals surface area contributed by atoms with E-state index in [0.717, 1.165) is 21.3 Å². The highest BCUT2D eigenvalue weighted by Crippen LogP contribution is 2.32. The van der Waals surface area contributed by atoms with Gasteiger partial charge in [0, 0.05) is 13.1 Å². The van der Waals surface area contributed by atoms with Gasteiger partial charge in [-0.05, 0) is 57.3 Å². The number of hydrogen-bond donors (Lipinski definition) is 0. The molecule has 0 N–H and O–H groups in total. The number of hydrogen-bond acceptors (Lipinski definition) is 6. The summed E-state index contributed by atoms with van der Waals surface area (Å²) in [4.78, 5) is 34.1. The summed E-state index contributed by atoms with van der Waals surface area (Å²) in [6, 6.07) is 10.9. The van der Waals surface area contributed by atoms with Crippen LogP contribution in [0.1, 0.15) is 31.8 Å². The predicted octanol–water partition coefficient (Wildman–Crippen LogP) is 4.33. The zero-order valence-electron chi connectivity index (χ0n) is 17.8. The minimum atomic E-state index is -0.530. The van der Waals surface area contributed by atoms with Gasteiger partial charge in [-0.15, -0.1) is 12.4 Å². The van der Waals surface area contributed by atoms with Crippen molar-refractivity contribution in [1.29, 1.82) is 0 Å². The first-order valence-electron chi connectivity index (χ1n) is 9.33. The van der Waals surface area contributed by atoms with Crippen LogP contribution in [-0.2, 0) is 4.74 Å². The number of benzene rings is 2. The van der Waals surface area contributed by atoms with Crippen molar-refractivity contribution in [3.05, 3.63) is 58.7 Å². The molecule has 8 heteroatoms. The zero-order valence-corrected chi connectivity index (χ0v) is 19.4. The SMILES string of the molecule is COC(=O)c1ccccc1C(=O)N(CCN(C)C)c1nc2c(C)cc(C)cc2s1.Cl. The summed E-state index contributed by atoms with van der Waals surface area (Å²) in [5.74, 6) is -0.793. The van der Waals surface area contributed by atoms with E-state index in [-0.39, 0.29) is 23.9 Å². The van der Waals surface area contributed by atoms with Crippen LogP contribution in [0.3, 0.4) is 0 Å². The highest BCUT2D eigenvalue weighted by Gasteiger charge is 2.26. The molecule has 3 rings (SSSR count). The molecule has 0 atom stereocenters. The van der Waals surface area contributed by atoms with Gasteiger partial charge in [-0.25, -0.2) is 9.78 Å². The number of esters is 1. The predicted molar refractivity (Wildman–Crippen MR) is 124 cm³/mol. The summed E-state index contributed by atoms with van der Waals surface area (Å²) in [7, 11) is 5.22. The smallest absolute Gasteiger partial charge is 0.338 e. The second kappa shape index (κ2) is 10.0. The van der Waals surface area contributed by atoms with E-state index in [4.69, 9.17) is 9.72 Å². The highest BCUT2D eigenvalue weighted by molar-refractivity contribution is 7.22. The van der Waals surface area contributed by atoms with Gasteiger partial charge in [0.05, 0.1) is 28.5 Å². The van der Waals surface area contributed by atoms with Crippen LogP contribution < -0.4 is 4.90 Å². The molecule has 0 saturated heterocycles. The molecule has 0 spiro atoms. The summed E-state index contributed by atoms with van der Waals surface area (Å²) in [5, 5.41) is 0.625. The zero-order chi connectivity index (χ0) is 21.1. The number of amides is 1. The molecule has 2 aromatic carbocycles. The number of likely N-dealkylation sites (N-methyl/N-ethyl adjacent to an activating group) is 1. The van der Waals surface area contributed by atoms with E-state index < -0.39 is 5.97 Å². The van der Waals surface area contributed by atoms with Gasteiger partial charge in [0.15, 0.2) is 5.13 Å². The van der Waals surface area contributed by atoms with Gasteiger partial charge >= 0.3 is 5.97 Å². The molecule has 6 nitrogen and oxygen atoms in total. The number of nitrogens with zero attached hydrogens (tertiary/aromatic N) is 3. The van der Waals surface area contributed by atoms with Crippen LogP contribution in [0.4, 0.5) is 5.13 Å². The van der Waals surface area contributed by atoms with Gasteiger partial charge in [0.25, 0.3) is 5.91 Å². The minimum Gasteiger partial charge on any atom is -0.465 e. The van der Waals surface area contributed by atoms with Gasteiger partial charge in [0.1, 0.15) is 0 Å². The lowest BCUT2D eigenvalue weighted by Crippen LogP contribution is -2.37. The quantitative estimate of drug-likeness (QED) is 0.526. The number of fused-ring (bicyclic) bond motifs is 1. The van der Waals surface area contributed by atoms with E-state index >= 15 is 0 Å². The Morgan fingerprint density at radius 2 is 1.73 bits per heavy atom. The van der Waals surface area contributed by atoms with Crippen molar-refractivity contribution < 1.29 is 14.3 Å². The van der Waals surface area contributed by atoms with Gasteiger partial charge in [-0.2, -0.15) is 0 Å². The van der Waals surface area contributed by atoms with Crippen molar-refractivity contribution in [3.63, 3.8) is 0 Å². The summed E-state index contributed by atoms with van der Waals surface area (Å²) in [6.07, 6.45) is 0. The lowest BCUT2D eigenvalue weighted by atomic mass is 10.1.